The normalized spacial score (nSPS) is 10.9. The first-order chi connectivity index (χ1) is 17.4. The second-order valence-electron chi connectivity index (χ2n) is 8.44. The third kappa shape index (κ3) is 4.03. The number of hydrogen-bond acceptors (Lipinski definition) is 4. The van der Waals surface area contributed by atoms with Crippen molar-refractivity contribution in [3.8, 4) is 16.8 Å². The lowest BCUT2D eigenvalue weighted by molar-refractivity contribution is -0.111. The van der Waals surface area contributed by atoms with E-state index in [0.717, 1.165) is 33.0 Å². The van der Waals surface area contributed by atoms with E-state index in [1.807, 2.05) is 49.4 Å². The lowest BCUT2D eigenvalue weighted by atomic mass is 10.0. The van der Waals surface area contributed by atoms with Crippen molar-refractivity contribution in [2.45, 2.75) is 6.92 Å². The van der Waals surface area contributed by atoms with Crippen molar-refractivity contribution in [2.24, 2.45) is 5.73 Å². The zero-order chi connectivity index (χ0) is 25.4. The minimum Gasteiger partial charge on any atom is -0.366 e. The summed E-state index contributed by atoms with van der Waals surface area (Å²) >= 11 is 0. The molecule has 0 saturated carbocycles. The van der Waals surface area contributed by atoms with Crippen molar-refractivity contribution in [3.63, 3.8) is 0 Å². The maximum Gasteiger partial charge on any atom is 0.255 e. The first-order valence-electron chi connectivity index (χ1n) is 11.2. The molecule has 0 atom stereocenters. The van der Waals surface area contributed by atoms with Gasteiger partial charge in [-0.15, -0.1) is 0 Å². The average Bonchev–Trinajstić information content (AvgIpc) is 2.89. The van der Waals surface area contributed by atoms with Gasteiger partial charge in [0.2, 0.25) is 11.8 Å². The number of aromatic nitrogens is 2. The lowest BCUT2D eigenvalue weighted by Gasteiger charge is -2.15. The SMILES string of the molecule is C=CC(=O)Nc1cc(-n2c(=O)ccc3cnc4ccc(-c5ccc(C(N)=O)cc5)cc4c32)ccc1C. The summed E-state index contributed by atoms with van der Waals surface area (Å²) < 4.78 is 1.63. The van der Waals surface area contributed by atoms with Crippen LogP contribution in [0.3, 0.4) is 0 Å². The van der Waals surface area contributed by atoms with E-state index in [4.69, 9.17) is 5.73 Å². The molecule has 5 aromatic rings. The van der Waals surface area contributed by atoms with Crippen LogP contribution in [0.2, 0.25) is 0 Å². The number of nitrogens with zero attached hydrogens (tertiary/aromatic N) is 2. The molecule has 0 aliphatic rings. The molecule has 0 aliphatic heterocycles. The summed E-state index contributed by atoms with van der Waals surface area (Å²) in [6.45, 7) is 5.38. The van der Waals surface area contributed by atoms with Gasteiger partial charge in [-0.1, -0.05) is 30.8 Å². The number of anilines is 1. The van der Waals surface area contributed by atoms with Gasteiger partial charge in [0.05, 0.1) is 16.7 Å². The second kappa shape index (κ2) is 8.96. The Kier molecular flexibility index (Phi) is 5.66. The summed E-state index contributed by atoms with van der Waals surface area (Å²) in [5.74, 6) is -0.816. The van der Waals surface area contributed by atoms with Crippen LogP contribution in [0.15, 0.2) is 96.4 Å². The fourth-order valence-electron chi connectivity index (χ4n) is 4.24. The molecule has 5 rings (SSSR count). The number of pyridine rings is 2. The number of carbonyl (C=O) groups excluding carboxylic acids is 2. The van der Waals surface area contributed by atoms with E-state index < -0.39 is 5.91 Å². The van der Waals surface area contributed by atoms with Gasteiger partial charge >= 0.3 is 0 Å². The van der Waals surface area contributed by atoms with Crippen molar-refractivity contribution in [3.05, 3.63) is 113 Å². The summed E-state index contributed by atoms with van der Waals surface area (Å²) in [4.78, 5) is 41.2. The molecule has 0 spiro atoms. The summed E-state index contributed by atoms with van der Waals surface area (Å²) in [5.41, 5.74) is 10.9. The topological polar surface area (TPSA) is 107 Å². The molecule has 36 heavy (non-hydrogen) atoms. The fourth-order valence-corrected chi connectivity index (χ4v) is 4.24. The van der Waals surface area contributed by atoms with Gasteiger partial charge in [0.1, 0.15) is 0 Å². The molecule has 0 unspecified atom stereocenters. The van der Waals surface area contributed by atoms with Crippen LogP contribution in [0.4, 0.5) is 5.69 Å². The highest BCUT2D eigenvalue weighted by molar-refractivity contribution is 6.05. The standard InChI is InChI=1S/C29H22N4O3/c1-3-26(34)32-25-15-22(11-4-17(25)2)33-27(35)13-10-21-16-31-24-12-9-20(14-23(24)28(21)33)18-5-7-19(8-6-18)29(30)36/h3-16H,1H2,2H3,(H2,30,36)(H,32,34). The minimum absolute atomic E-state index is 0.212. The Morgan fingerprint density at radius 3 is 2.44 bits per heavy atom. The molecule has 0 fully saturated rings. The first-order valence-corrected chi connectivity index (χ1v) is 11.2. The van der Waals surface area contributed by atoms with E-state index in [9.17, 15) is 14.4 Å². The molecule has 7 nitrogen and oxygen atoms in total. The van der Waals surface area contributed by atoms with Gasteiger partial charge < -0.3 is 11.1 Å². The van der Waals surface area contributed by atoms with Crippen molar-refractivity contribution in [1.29, 1.82) is 0 Å². The maximum atomic E-state index is 13.2. The quantitative estimate of drug-likeness (QED) is 0.283. The maximum absolute atomic E-state index is 13.2. The third-order valence-corrected chi connectivity index (χ3v) is 6.14. The number of fused-ring (bicyclic) bond motifs is 3. The smallest absolute Gasteiger partial charge is 0.255 e. The molecule has 0 bridgehead atoms. The minimum atomic E-state index is -0.485. The Hall–Kier alpha value is -5.04. The Morgan fingerprint density at radius 1 is 0.972 bits per heavy atom. The number of hydrogen-bond donors (Lipinski definition) is 2. The van der Waals surface area contributed by atoms with Crippen LogP contribution < -0.4 is 16.6 Å². The average molecular weight is 475 g/mol. The van der Waals surface area contributed by atoms with Crippen molar-refractivity contribution in [2.75, 3.05) is 5.32 Å². The van der Waals surface area contributed by atoms with Crippen molar-refractivity contribution >= 4 is 39.3 Å². The third-order valence-electron chi connectivity index (χ3n) is 6.14. The van der Waals surface area contributed by atoms with Crippen LogP contribution in [0.1, 0.15) is 15.9 Å². The highest BCUT2D eigenvalue weighted by Gasteiger charge is 2.13. The molecule has 2 aromatic heterocycles. The Morgan fingerprint density at radius 2 is 1.72 bits per heavy atom. The van der Waals surface area contributed by atoms with Crippen molar-refractivity contribution in [1.82, 2.24) is 9.55 Å². The van der Waals surface area contributed by atoms with E-state index in [0.29, 0.717) is 22.5 Å². The van der Waals surface area contributed by atoms with Gasteiger partial charge in [-0.3, -0.25) is 23.9 Å². The molecule has 7 heteroatoms. The molecule has 2 amide bonds. The highest BCUT2D eigenvalue weighted by Crippen LogP contribution is 2.30. The summed E-state index contributed by atoms with van der Waals surface area (Å²) in [7, 11) is 0. The number of rotatable bonds is 5. The molecule has 0 saturated heterocycles. The molecule has 3 N–H and O–H groups in total. The van der Waals surface area contributed by atoms with Crippen LogP contribution in [0, 0.1) is 6.92 Å². The largest absolute Gasteiger partial charge is 0.366 e. The van der Waals surface area contributed by atoms with Crippen LogP contribution in [-0.4, -0.2) is 21.4 Å². The van der Waals surface area contributed by atoms with Crippen LogP contribution in [0.5, 0.6) is 0 Å². The van der Waals surface area contributed by atoms with Crippen LogP contribution in [0.25, 0.3) is 38.6 Å². The molecule has 0 radical (unpaired) electrons. The second-order valence-corrected chi connectivity index (χ2v) is 8.44. The monoisotopic (exact) mass is 474 g/mol. The number of nitrogens with two attached hydrogens (primary N) is 1. The van der Waals surface area contributed by atoms with E-state index in [1.54, 1.807) is 35.0 Å². The predicted octanol–water partition coefficient (Wildman–Crippen LogP) is 4.74. The fraction of sp³-hybridized carbons (Fsp3) is 0.0345. The molecule has 2 heterocycles. The highest BCUT2D eigenvalue weighted by atomic mass is 16.2. The summed E-state index contributed by atoms with van der Waals surface area (Å²) in [5, 5.41) is 4.38. The first kappa shape index (κ1) is 22.7. The van der Waals surface area contributed by atoms with Crippen LogP contribution in [-0.2, 0) is 4.79 Å². The zero-order valence-corrected chi connectivity index (χ0v) is 19.5. The predicted molar refractivity (Wildman–Crippen MR) is 142 cm³/mol. The Balaban J connectivity index is 1.75. The van der Waals surface area contributed by atoms with Crippen LogP contribution >= 0.6 is 0 Å². The zero-order valence-electron chi connectivity index (χ0n) is 19.5. The molecule has 176 valence electrons. The lowest BCUT2D eigenvalue weighted by Crippen LogP contribution is -2.18. The molecule has 3 aromatic carbocycles. The van der Waals surface area contributed by atoms with Crippen molar-refractivity contribution < 1.29 is 9.59 Å². The molecular formula is C29H22N4O3. The number of primary amides is 1. The van der Waals surface area contributed by atoms with Gasteiger partial charge in [0, 0.05) is 34.3 Å². The summed E-state index contributed by atoms with van der Waals surface area (Å²) in [6.07, 6.45) is 2.94. The van der Waals surface area contributed by atoms with Gasteiger partial charge in [-0.05, 0) is 72.2 Å². The van der Waals surface area contributed by atoms with E-state index in [2.05, 4.69) is 16.9 Å². The number of benzene rings is 3. The number of amides is 2. The molecule has 0 aliphatic carbocycles. The summed E-state index contributed by atoms with van der Waals surface area (Å²) in [6, 6.07) is 21.6. The van der Waals surface area contributed by atoms with Gasteiger partial charge in [0.25, 0.3) is 5.56 Å². The van der Waals surface area contributed by atoms with E-state index in [-0.39, 0.29) is 11.5 Å². The van der Waals surface area contributed by atoms with Gasteiger partial charge in [-0.25, -0.2) is 0 Å². The number of carbonyl (C=O) groups is 2. The molecular weight excluding hydrogens is 452 g/mol. The Labute approximate surface area is 206 Å². The van der Waals surface area contributed by atoms with Gasteiger partial charge in [0.15, 0.2) is 0 Å². The Bertz CT molecular complexity index is 1750. The van der Waals surface area contributed by atoms with Gasteiger partial charge in [-0.2, -0.15) is 0 Å². The number of nitrogens with one attached hydrogen (secondary N) is 1. The van der Waals surface area contributed by atoms with E-state index >= 15 is 0 Å². The number of aryl methyl sites for hydroxylation is 1. The van der Waals surface area contributed by atoms with E-state index in [1.165, 1.54) is 12.1 Å².